The Morgan fingerprint density at radius 2 is 0.826 bits per heavy atom. The van der Waals surface area contributed by atoms with E-state index >= 15 is 24.0 Å². The van der Waals surface area contributed by atoms with Crippen molar-refractivity contribution in [3.63, 3.8) is 0 Å². The first-order valence-electron chi connectivity index (χ1n) is 43.9. The monoisotopic (exact) mass is 1870 g/mol. The molecule has 8 rings (SSSR count). The molecule has 29 N–H and O–H groups in total. The Morgan fingerprint density at radius 1 is 0.447 bits per heavy atom. The predicted octanol–water partition coefficient (Wildman–Crippen LogP) is -4.60. The van der Waals surface area contributed by atoms with Gasteiger partial charge < -0.3 is 132 Å². The number of hydrogen-bond acceptors (Lipinski definition) is 23. The molecule has 3 aliphatic rings. The second kappa shape index (κ2) is 52.3. The average Bonchev–Trinajstić information content (AvgIpc) is 1.65. The molecule has 5 aromatic rings. The third-order valence-electron chi connectivity index (χ3n) is 22.6. The van der Waals surface area contributed by atoms with Crippen LogP contribution in [0.4, 0.5) is 0 Å². The topological polar surface area (TPSA) is 720 Å². The smallest absolute Gasteiger partial charge is 0.303 e. The molecule has 0 saturated carbocycles. The lowest BCUT2D eigenvalue weighted by Crippen LogP contribution is -2.61. The second-order valence-corrected chi connectivity index (χ2v) is 33.2. The third kappa shape index (κ3) is 31.9. The van der Waals surface area contributed by atoms with Crippen LogP contribution < -0.4 is 97.4 Å². The fraction of sp³-hybridized carbons (Fsp3) is 0.536. The van der Waals surface area contributed by atoms with E-state index in [2.05, 4.69) is 125 Å². The molecule has 0 radical (unpaired) electrons. The van der Waals surface area contributed by atoms with Gasteiger partial charge in [-0.25, -0.2) is 9.97 Å². The average molecular weight is 1880 g/mol. The summed E-state index contributed by atoms with van der Waals surface area (Å²) >= 11 is 8.80. The lowest BCUT2D eigenvalue weighted by Gasteiger charge is -2.33. The van der Waals surface area contributed by atoms with Crippen molar-refractivity contribution in [1.82, 2.24) is 114 Å². The Kier molecular flexibility index (Phi) is 41.1. The van der Waals surface area contributed by atoms with Gasteiger partial charge in [0.05, 0.1) is 24.0 Å². The highest BCUT2D eigenvalue weighted by atomic mass is 32.1. The minimum Gasteiger partial charge on any atom is -0.481 e. The van der Waals surface area contributed by atoms with Gasteiger partial charge in [0.15, 0.2) is 17.9 Å². The number of carbonyl (C=O) groups is 16. The lowest BCUT2D eigenvalue weighted by atomic mass is 10.0. The van der Waals surface area contributed by atoms with Crippen LogP contribution in [0.3, 0.4) is 0 Å². The number of thiol groups is 2. The number of H-pyrrole nitrogens is 3. The summed E-state index contributed by atoms with van der Waals surface area (Å²) < 4.78 is 0. The molecule has 0 unspecified atom stereocenters. The molecule has 3 aliphatic heterocycles. The number of unbranched alkanes of at least 4 members (excludes halogenated alkanes) is 1. The number of para-hydroxylation sites is 1. The van der Waals surface area contributed by atoms with Crippen LogP contribution in [0, 0.1) is 16.2 Å². The van der Waals surface area contributed by atoms with E-state index in [1.54, 1.807) is 67.7 Å². The number of fused-ring (bicyclic) bond motifs is 1. The van der Waals surface area contributed by atoms with Gasteiger partial charge in [-0.05, 0) is 107 Å². The van der Waals surface area contributed by atoms with Crippen LogP contribution in [0.25, 0.3) is 10.9 Å². The van der Waals surface area contributed by atoms with Gasteiger partial charge in [-0.1, -0.05) is 68.3 Å². The number of carboxylic acids is 1. The minimum absolute atomic E-state index is 0.000472. The van der Waals surface area contributed by atoms with Gasteiger partial charge in [0, 0.05) is 119 Å². The summed E-state index contributed by atoms with van der Waals surface area (Å²) in [4.78, 5) is 250. The summed E-state index contributed by atoms with van der Waals surface area (Å²) in [6.45, 7) is 3.44. The number of hydrogen-bond donors (Lipinski definition) is 27. The molecule has 3 aromatic heterocycles. The third-order valence-corrected chi connectivity index (χ3v) is 23.4. The molecule has 46 nitrogen and oxygen atoms in total. The highest BCUT2D eigenvalue weighted by molar-refractivity contribution is 7.80. The van der Waals surface area contributed by atoms with E-state index in [1.165, 1.54) is 46.7 Å². The van der Waals surface area contributed by atoms with Crippen molar-refractivity contribution in [3.8, 4) is 0 Å². The maximum Gasteiger partial charge on any atom is 0.303 e. The number of carbonyl (C=O) groups excluding carboxylic acids is 15. The number of benzene rings is 2. The number of amides is 15. The van der Waals surface area contributed by atoms with Crippen LogP contribution in [-0.4, -0.2) is 293 Å². The van der Waals surface area contributed by atoms with Crippen molar-refractivity contribution >= 4 is 149 Å². The maximum atomic E-state index is 15.3. The molecular formula is C84H123N29O17S2. The Hall–Kier alpha value is -13.6. The standard InChI is InChI=1S/C84H123N29O17S2/c1-3-4-19-54(70(119)103-55(22-11-30-95-83(88)89)69(118)101-53(68(85)117)21-10-29-94-82(86)87)102-72(121)57(27-28-67(115)116)104-71(120)56(23-12-31-96-84(90)91)105-77(126)65-25-14-33-112(65)81(130)66-26-15-34-113(66)80(129)63(43-132)110-74(123)59(36-48-39-97-52-20-9-8-18-51(48)52)107-75(124)60(37-49-40-92-44-98-49)108-73(122)58(35-47-16-6-5-7-17-47)106-76(125)61(38-50-41-93-45-99-50)109-78(127)64-24-13-32-111(64)79(128)62(42-131)100-46(2)114/h5-9,16-18,20,39-41,44-45,53-66,97,131-132H,3-4,10-15,19,21-38,42-43H2,1-2H3,(H2,85,117)(H,92,98)(H,93,99)(H,100,114)(H,101,118)(H,102,121)(H,103,119)(H,104,120)(H,105,126)(H,106,125)(H,107,124)(H,108,122)(H,109,127)(H,110,123)(H,115,116)(H4,86,87,94)(H4,88,89,95)(H4,90,91,96)/t53-,54+,55-,56-,57+,58-,59+,60+,61+,62+,63+,64+,65+,66+/m1/s1. The van der Waals surface area contributed by atoms with E-state index in [0.717, 1.165) is 0 Å². The first-order valence-corrected chi connectivity index (χ1v) is 45.2. The summed E-state index contributed by atoms with van der Waals surface area (Å²) in [6, 6.07) is -3.64. The number of aromatic amines is 3. The summed E-state index contributed by atoms with van der Waals surface area (Å²) in [5, 5.41) is 70.6. The molecule has 3 fully saturated rings. The van der Waals surface area contributed by atoms with Crippen LogP contribution in [-0.2, 0) is 102 Å². The summed E-state index contributed by atoms with van der Waals surface area (Å²) in [6.07, 6.45) is 7.46. The Bertz CT molecular complexity index is 4830. The number of nitrogens with zero attached hydrogens (tertiary/aromatic N) is 5. The van der Waals surface area contributed by atoms with E-state index in [9.17, 15) is 57.8 Å². The predicted molar refractivity (Wildman–Crippen MR) is 489 cm³/mol. The van der Waals surface area contributed by atoms with Gasteiger partial charge in [0.25, 0.3) is 0 Å². The molecule has 0 bridgehead atoms. The molecule has 15 amide bonds. The Labute approximate surface area is 772 Å². The van der Waals surface area contributed by atoms with Crippen LogP contribution in [0.1, 0.15) is 146 Å². The van der Waals surface area contributed by atoms with Crippen molar-refractivity contribution in [3.05, 3.63) is 108 Å². The molecule has 14 atom stereocenters. The molecule has 2 aromatic carbocycles. The molecule has 132 heavy (non-hydrogen) atoms. The first-order chi connectivity index (χ1) is 63.2. The van der Waals surface area contributed by atoms with Gasteiger partial charge in [-0.2, -0.15) is 25.3 Å². The quantitative estimate of drug-likeness (QED) is 0.00754. The highest BCUT2D eigenvalue weighted by Crippen LogP contribution is 2.28. The molecule has 0 aliphatic carbocycles. The first kappa shape index (κ1) is 104. The fourth-order valence-electron chi connectivity index (χ4n) is 15.9. The van der Waals surface area contributed by atoms with E-state index in [4.69, 9.17) is 39.2 Å². The van der Waals surface area contributed by atoms with Gasteiger partial charge in [0.2, 0.25) is 88.6 Å². The Morgan fingerprint density at radius 3 is 1.29 bits per heavy atom. The highest BCUT2D eigenvalue weighted by Gasteiger charge is 2.46. The maximum absolute atomic E-state index is 15.3. The molecule has 718 valence electrons. The number of aliphatic carboxylic acids is 1. The van der Waals surface area contributed by atoms with E-state index in [0.29, 0.717) is 47.0 Å². The zero-order valence-electron chi connectivity index (χ0n) is 73.6. The zero-order valence-corrected chi connectivity index (χ0v) is 75.4. The normalized spacial score (nSPS) is 17.1. The number of likely N-dealkylation sites (tertiary alicyclic amines) is 3. The number of carboxylic acid groups (broad SMARTS) is 1. The Balaban J connectivity index is 0.990. The van der Waals surface area contributed by atoms with E-state index < -0.39 is 198 Å². The van der Waals surface area contributed by atoms with Gasteiger partial charge in [-0.3, -0.25) is 92.9 Å². The number of imidazole rings is 2. The van der Waals surface area contributed by atoms with Gasteiger partial charge >= 0.3 is 5.97 Å². The second-order valence-electron chi connectivity index (χ2n) is 32.5. The molecule has 0 spiro atoms. The molecule has 3 saturated heterocycles. The van der Waals surface area contributed by atoms with Crippen LogP contribution in [0.15, 0.2) is 85.8 Å². The number of aromatic nitrogens is 5. The minimum atomic E-state index is -1.70. The van der Waals surface area contributed by atoms with Crippen molar-refractivity contribution in [2.75, 3.05) is 50.8 Å². The summed E-state index contributed by atoms with van der Waals surface area (Å²) in [5.41, 5.74) is 24.5. The van der Waals surface area contributed by atoms with E-state index in [-0.39, 0.29) is 171 Å². The van der Waals surface area contributed by atoms with Crippen molar-refractivity contribution < 1.29 is 81.8 Å². The molecular weight excluding hydrogens is 1750 g/mol. The number of rotatable bonds is 53. The number of nitrogens with one attached hydrogen (secondary N) is 20. The van der Waals surface area contributed by atoms with Crippen molar-refractivity contribution in [2.24, 2.45) is 22.9 Å². The SMILES string of the molecule is CCCC[C@H](NC(=O)[C@H](CCC(=O)O)NC(=O)[C@@H](CCCNC(=N)N)NC(=O)[C@@H]1CCCN1C(=O)[C@@H]1CCCN1C(=O)[C@H](CS)NC(=O)[C@H](Cc1c[nH]c2ccccc12)NC(=O)[C@H](Cc1c[nH]cn1)NC(=O)[C@@H](Cc1ccccc1)NC(=O)[C@H](Cc1c[nH]cn1)NC(=O)[C@@H]1CCCN1C(=O)[C@H](CS)NC(C)=O)C(=O)N[C@H](CCCNC(=N)N)C(=O)N[C@H](CCCNC(=N)N)C(N)=O. The molecule has 48 heteroatoms. The van der Waals surface area contributed by atoms with Crippen LogP contribution in [0.5, 0.6) is 0 Å². The summed E-state index contributed by atoms with van der Waals surface area (Å²) in [5.74, 6) is -15.2. The van der Waals surface area contributed by atoms with Crippen molar-refractivity contribution in [1.29, 1.82) is 16.2 Å². The van der Waals surface area contributed by atoms with Crippen LogP contribution >= 0.6 is 25.3 Å². The van der Waals surface area contributed by atoms with Crippen LogP contribution in [0.2, 0.25) is 0 Å². The number of guanidine groups is 3. The molecule has 6 heterocycles. The number of nitrogens with two attached hydrogens (primary N) is 4. The number of primary amides is 1. The van der Waals surface area contributed by atoms with Crippen molar-refractivity contribution in [2.45, 2.75) is 233 Å². The largest absolute Gasteiger partial charge is 0.481 e. The van der Waals surface area contributed by atoms with Gasteiger partial charge in [-0.15, -0.1) is 0 Å². The van der Waals surface area contributed by atoms with Gasteiger partial charge in [0.1, 0.15) is 84.6 Å². The lowest BCUT2D eigenvalue weighted by molar-refractivity contribution is -0.148. The fourth-order valence-corrected chi connectivity index (χ4v) is 16.4. The zero-order chi connectivity index (χ0) is 96.1. The van der Waals surface area contributed by atoms with E-state index in [1.807, 2.05) is 0 Å². The summed E-state index contributed by atoms with van der Waals surface area (Å²) in [7, 11) is 0.